The van der Waals surface area contributed by atoms with Crippen LogP contribution in [0.3, 0.4) is 0 Å². The number of nitro groups is 1. The van der Waals surface area contributed by atoms with E-state index in [0.717, 1.165) is 55.4 Å². The van der Waals surface area contributed by atoms with Gasteiger partial charge in [-0.3, -0.25) is 14.9 Å². The molecular weight excluding hydrogens is 452 g/mol. The molecule has 0 spiro atoms. The van der Waals surface area contributed by atoms with E-state index >= 15 is 0 Å². The van der Waals surface area contributed by atoms with Gasteiger partial charge < -0.3 is 14.8 Å². The van der Waals surface area contributed by atoms with Crippen LogP contribution in [0.1, 0.15) is 74.1 Å². The minimum absolute atomic E-state index is 0.0615. The molecule has 1 aliphatic heterocycles. The van der Waals surface area contributed by atoms with E-state index in [2.05, 4.69) is 31.9 Å². The first-order valence-corrected chi connectivity index (χ1v) is 13.5. The minimum atomic E-state index is -0.446. The fourth-order valence-corrected chi connectivity index (χ4v) is 5.61. The zero-order chi connectivity index (χ0) is 24.1. The van der Waals surface area contributed by atoms with Crippen LogP contribution in [0.15, 0.2) is 23.4 Å². The van der Waals surface area contributed by atoms with Gasteiger partial charge >= 0.3 is 0 Å². The van der Waals surface area contributed by atoms with Gasteiger partial charge in [-0.2, -0.15) is 0 Å². The van der Waals surface area contributed by atoms with Crippen LogP contribution in [0, 0.1) is 16.0 Å². The van der Waals surface area contributed by atoms with Crippen molar-refractivity contribution in [2.45, 2.75) is 69.5 Å². The van der Waals surface area contributed by atoms with E-state index in [1.54, 1.807) is 17.8 Å². The van der Waals surface area contributed by atoms with Crippen molar-refractivity contribution in [1.29, 1.82) is 0 Å². The lowest BCUT2D eigenvalue weighted by molar-refractivity contribution is -0.384. The highest BCUT2D eigenvalue weighted by atomic mass is 32.2. The third-order valence-corrected chi connectivity index (χ3v) is 7.67. The van der Waals surface area contributed by atoms with E-state index in [0.29, 0.717) is 24.1 Å². The molecule has 2 aromatic rings. The number of hydrogen-bond acceptors (Lipinski definition) is 7. The molecule has 9 nitrogen and oxygen atoms in total. The molecule has 1 N–H and O–H groups in total. The number of rotatable bonds is 9. The molecule has 0 bridgehead atoms. The molecule has 1 saturated carbocycles. The normalized spacial score (nSPS) is 17.3. The maximum atomic E-state index is 13.1. The second-order valence-electron chi connectivity index (χ2n) is 9.40. The van der Waals surface area contributed by atoms with Gasteiger partial charge in [0, 0.05) is 44.2 Å². The van der Waals surface area contributed by atoms with Gasteiger partial charge in [0.25, 0.3) is 11.6 Å². The van der Waals surface area contributed by atoms with Crippen molar-refractivity contribution >= 4 is 29.0 Å². The van der Waals surface area contributed by atoms with Crippen LogP contribution in [-0.4, -0.2) is 51.5 Å². The highest BCUT2D eigenvalue weighted by molar-refractivity contribution is 7.98. The van der Waals surface area contributed by atoms with Crippen molar-refractivity contribution in [1.82, 2.24) is 20.1 Å². The summed E-state index contributed by atoms with van der Waals surface area (Å²) in [5.41, 5.74) is 1.09. The van der Waals surface area contributed by atoms with E-state index in [1.807, 2.05) is 6.26 Å². The summed E-state index contributed by atoms with van der Waals surface area (Å²) in [4.78, 5) is 26.1. The lowest BCUT2D eigenvalue weighted by Gasteiger charge is -2.33. The standard InChI is InChI=1S/C24H34N6O3S/c1-17-11-14-28(15-12-17)21-10-9-19(30(32)33)16-20(21)23(31)25-13-5-8-22-26-27-24(34-2)29(22)18-6-3-4-7-18/h9-10,16-18H,3-8,11-15H2,1-2H3,(H,25,31). The van der Waals surface area contributed by atoms with Gasteiger partial charge in [0.05, 0.1) is 16.2 Å². The second kappa shape index (κ2) is 11.2. The molecule has 0 radical (unpaired) electrons. The Balaban J connectivity index is 1.41. The number of nitrogens with one attached hydrogen (secondary N) is 1. The average Bonchev–Trinajstić information content (AvgIpc) is 3.51. The molecule has 0 atom stereocenters. The predicted molar refractivity (Wildman–Crippen MR) is 134 cm³/mol. The van der Waals surface area contributed by atoms with E-state index in [1.165, 1.54) is 37.8 Å². The smallest absolute Gasteiger partial charge is 0.270 e. The molecule has 1 saturated heterocycles. The van der Waals surface area contributed by atoms with Crippen molar-refractivity contribution in [3.05, 3.63) is 39.7 Å². The number of amides is 1. The number of aromatic nitrogens is 3. The van der Waals surface area contributed by atoms with Crippen LogP contribution in [-0.2, 0) is 6.42 Å². The lowest BCUT2D eigenvalue weighted by Crippen LogP contribution is -2.35. The van der Waals surface area contributed by atoms with Gasteiger partial charge in [-0.1, -0.05) is 31.5 Å². The zero-order valence-corrected chi connectivity index (χ0v) is 20.9. The molecule has 10 heteroatoms. The zero-order valence-electron chi connectivity index (χ0n) is 20.0. The number of anilines is 1. The Morgan fingerprint density at radius 3 is 2.62 bits per heavy atom. The quantitative estimate of drug-likeness (QED) is 0.238. The molecule has 1 aromatic heterocycles. The molecule has 2 aliphatic rings. The highest BCUT2D eigenvalue weighted by Crippen LogP contribution is 2.33. The summed E-state index contributed by atoms with van der Waals surface area (Å²) < 4.78 is 2.29. The summed E-state index contributed by atoms with van der Waals surface area (Å²) in [7, 11) is 0. The molecule has 34 heavy (non-hydrogen) atoms. The predicted octanol–water partition coefficient (Wildman–Crippen LogP) is 4.62. The first kappa shape index (κ1) is 24.5. The van der Waals surface area contributed by atoms with Gasteiger partial charge in [-0.25, -0.2) is 0 Å². The Morgan fingerprint density at radius 1 is 1.21 bits per heavy atom. The molecule has 1 amide bonds. The third-order valence-electron chi connectivity index (χ3n) is 7.03. The van der Waals surface area contributed by atoms with Crippen LogP contribution >= 0.6 is 11.8 Å². The molecule has 1 aliphatic carbocycles. The van der Waals surface area contributed by atoms with Crippen LogP contribution in [0.25, 0.3) is 0 Å². The summed E-state index contributed by atoms with van der Waals surface area (Å²) >= 11 is 1.62. The maximum Gasteiger partial charge on any atom is 0.270 e. The second-order valence-corrected chi connectivity index (χ2v) is 10.2. The van der Waals surface area contributed by atoms with E-state index in [-0.39, 0.29) is 11.6 Å². The number of carbonyl (C=O) groups is 1. The van der Waals surface area contributed by atoms with Crippen LogP contribution in [0.4, 0.5) is 11.4 Å². The Morgan fingerprint density at radius 2 is 1.94 bits per heavy atom. The van der Waals surface area contributed by atoms with Crippen LogP contribution in [0.5, 0.6) is 0 Å². The minimum Gasteiger partial charge on any atom is -0.371 e. The highest BCUT2D eigenvalue weighted by Gasteiger charge is 2.25. The summed E-state index contributed by atoms with van der Waals surface area (Å²) in [6, 6.07) is 5.09. The number of aryl methyl sites for hydroxylation is 1. The van der Waals surface area contributed by atoms with Crippen LogP contribution < -0.4 is 10.2 Å². The summed E-state index contributed by atoms with van der Waals surface area (Å²) in [6.45, 7) is 4.42. The molecule has 0 unspecified atom stereocenters. The van der Waals surface area contributed by atoms with Gasteiger partial charge in [0.1, 0.15) is 5.82 Å². The summed E-state index contributed by atoms with van der Waals surface area (Å²) in [5, 5.41) is 24.0. The van der Waals surface area contributed by atoms with Gasteiger partial charge in [0.15, 0.2) is 5.16 Å². The Kier molecular flexibility index (Phi) is 8.07. The van der Waals surface area contributed by atoms with Gasteiger partial charge in [-0.05, 0) is 50.3 Å². The van der Waals surface area contributed by atoms with Crippen LogP contribution in [0.2, 0.25) is 0 Å². The topological polar surface area (TPSA) is 106 Å². The summed E-state index contributed by atoms with van der Waals surface area (Å²) in [6.07, 6.45) is 10.4. The van der Waals surface area contributed by atoms with Crippen molar-refractivity contribution < 1.29 is 9.72 Å². The Bertz CT molecular complexity index is 1010. The number of thioether (sulfide) groups is 1. The third kappa shape index (κ3) is 5.54. The van der Waals surface area contributed by atoms with E-state index in [9.17, 15) is 14.9 Å². The monoisotopic (exact) mass is 486 g/mol. The SMILES string of the molecule is CSc1nnc(CCCNC(=O)c2cc([N+](=O)[O-])ccc2N2CCC(C)CC2)n1C1CCCC1. The fourth-order valence-electron chi connectivity index (χ4n) is 5.03. The number of carbonyl (C=O) groups excluding carboxylic acids is 1. The number of non-ortho nitro benzene ring substituents is 1. The number of piperidine rings is 1. The number of hydrogen-bond donors (Lipinski definition) is 1. The van der Waals surface area contributed by atoms with Crippen molar-refractivity contribution in [2.24, 2.45) is 5.92 Å². The average molecular weight is 487 g/mol. The van der Waals surface area contributed by atoms with Crippen molar-refractivity contribution in [2.75, 3.05) is 30.8 Å². The molecule has 184 valence electrons. The molecule has 2 fully saturated rings. The molecule has 2 heterocycles. The number of benzene rings is 1. The van der Waals surface area contributed by atoms with Crippen molar-refractivity contribution in [3.8, 4) is 0 Å². The fraction of sp³-hybridized carbons (Fsp3) is 0.625. The molecular formula is C24H34N6O3S. The molecule has 1 aromatic carbocycles. The van der Waals surface area contributed by atoms with Gasteiger partial charge in [0.2, 0.25) is 0 Å². The van der Waals surface area contributed by atoms with E-state index < -0.39 is 4.92 Å². The Hall–Kier alpha value is -2.62. The first-order chi connectivity index (χ1) is 16.5. The first-order valence-electron chi connectivity index (χ1n) is 12.3. The van der Waals surface area contributed by atoms with Gasteiger partial charge in [-0.15, -0.1) is 10.2 Å². The van der Waals surface area contributed by atoms with E-state index in [4.69, 9.17) is 0 Å². The Labute approximate surface area is 204 Å². The van der Waals surface area contributed by atoms with Crippen molar-refractivity contribution in [3.63, 3.8) is 0 Å². The number of nitro benzene ring substituents is 1. The molecule has 4 rings (SSSR count). The summed E-state index contributed by atoms with van der Waals surface area (Å²) in [5.74, 6) is 1.37. The number of nitrogens with zero attached hydrogens (tertiary/aromatic N) is 5. The largest absolute Gasteiger partial charge is 0.371 e. The maximum absolute atomic E-state index is 13.1. The lowest BCUT2D eigenvalue weighted by atomic mass is 9.98.